The van der Waals surface area contributed by atoms with E-state index in [1.165, 1.54) is 193 Å². The summed E-state index contributed by atoms with van der Waals surface area (Å²) in [6.07, 6.45) is 94.0. The minimum Gasteiger partial charge on any atom is -0.462 e. The first-order valence-corrected chi connectivity index (χ1v) is 35.6. The lowest BCUT2D eigenvalue weighted by Crippen LogP contribution is -2.30. The normalized spacial score (nSPS) is 12.6. The van der Waals surface area contributed by atoms with Crippen LogP contribution in [0.4, 0.5) is 0 Å². The molecule has 0 radical (unpaired) electrons. The van der Waals surface area contributed by atoms with Crippen LogP contribution >= 0.6 is 0 Å². The van der Waals surface area contributed by atoms with Crippen LogP contribution in [0.25, 0.3) is 0 Å². The van der Waals surface area contributed by atoms with Gasteiger partial charge in [0.05, 0.1) is 0 Å². The number of ether oxygens (including phenoxy) is 3. The van der Waals surface area contributed by atoms with E-state index in [1.54, 1.807) is 0 Å². The SMILES string of the molecule is CC/C=C\C/C=C\C/C=C\C/C=C\C/C=C\C/C=C\C/C=C\CCCCCCCC(=O)OC(COC(=O)CCCCCCC)COC(=O)CCCCCCCCCCCCCCCCCCCCCCCCCCCCCCCCCC. The van der Waals surface area contributed by atoms with Gasteiger partial charge in [0.15, 0.2) is 6.10 Å². The van der Waals surface area contributed by atoms with Gasteiger partial charge in [-0.15, -0.1) is 0 Å². The van der Waals surface area contributed by atoms with E-state index in [9.17, 15) is 14.4 Å². The molecule has 6 heteroatoms. The molecule has 0 amide bonds. The zero-order valence-electron chi connectivity index (χ0n) is 54.5. The van der Waals surface area contributed by atoms with Crippen molar-refractivity contribution in [3.05, 3.63) is 85.1 Å². The maximum Gasteiger partial charge on any atom is 0.306 e. The van der Waals surface area contributed by atoms with Crippen LogP contribution in [0, 0.1) is 0 Å². The maximum absolute atomic E-state index is 12.8. The third kappa shape index (κ3) is 67.4. The van der Waals surface area contributed by atoms with Gasteiger partial charge >= 0.3 is 17.9 Å². The standard InChI is InChI=1S/C76H134O6/c1-4-7-10-13-15-17-19-21-23-25-27-29-31-33-35-36-37-38-39-41-42-44-46-48-50-52-54-56-58-60-63-66-69-75(78)81-72-73(71-80-74(77)68-65-62-12-9-6-3)82-76(79)70-67-64-61-59-57-55-53-51-49-47-45-43-40-34-32-30-28-26-24-22-20-18-16-14-11-8-5-2/h8,11,16,18,22,24,28,30,34,40,45,47,51,53,73H,4-7,9-10,12-15,17,19-21,23,25-27,29,31-33,35-39,41-44,46,48-50,52,54-72H2,1-3H3/b11-8-,18-16-,24-22-,30-28-,40-34-,47-45-,53-51-. The molecule has 6 nitrogen and oxygen atoms in total. The molecule has 0 aliphatic carbocycles. The molecule has 0 aromatic carbocycles. The lowest BCUT2D eigenvalue weighted by molar-refractivity contribution is -0.167. The van der Waals surface area contributed by atoms with Crippen LogP contribution in [0.1, 0.15) is 361 Å². The first kappa shape index (κ1) is 78.6. The third-order valence-electron chi connectivity index (χ3n) is 15.7. The van der Waals surface area contributed by atoms with Crippen LogP contribution in [0.2, 0.25) is 0 Å². The van der Waals surface area contributed by atoms with Crippen molar-refractivity contribution in [1.82, 2.24) is 0 Å². The second kappa shape index (κ2) is 70.1. The minimum atomic E-state index is -0.784. The fourth-order valence-electron chi connectivity index (χ4n) is 10.4. The number of carbonyl (C=O) groups excluding carboxylic acids is 3. The van der Waals surface area contributed by atoms with Gasteiger partial charge in [-0.25, -0.2) is 0 Å². The highest BCUT2D eigenvalue weighted by molar-refractivity contribution is 5.71. The number of hydrogen-bond acceptors (Lipinski definition) is 6. The van der Waals surface area contributed by atoms with Gasteiger partial charge in [-0.3, -0.25) is 14.4 Å². The highest BCUT2D eigenvalue weighted by Crippen LogP contribution is 2.18. The average molecular weight is 1140 g/mol. The first-order valence-electron chi connectivity index (χ1n) is 35.6. The summed E-state index contributed by atoms with van der Waals surface area (Å²) in [5.41, 5.74) is 0. The van der Waals surface area contributed by atoms with Gasteiger partial charge in [0.1, 0.15) is 13.2 Å². The Balaban J connectivity index is 3.98. The Morgan fingerprint density at radius 3 is 0.744 bits per heavy atom. The van der Waals surface area contributed by atoms with Crippen molar-refractivity contribution in [3.63, 3.8) is 0 Å². The van der Waals surface area contributed by atoms with Gasteiger partial charge in [0.25, 0.3) is 0 Å². The molecule has 1 unspecified atom stereocenters. The summed E-state index contributed by atoms with van der Waals surface area (Å²) in [6, 6.07) is 0. The quantitative estimate of drug-likeness (QED) is 0.0261. The first-order chi connectivity index (χ1) is 40.5. The molecule has 0 aromatic rings. The summed E-state index contributed by atoms with van der Waals surface area (Å²) in [5, 5.41) is 0. The van der Waals surface area contributed by atoms with Crippen molar-refractivity contribution in [1.29, 1.82) is 0 Å². The van der Waals surface area contributed by atoms with E-state index in [-0.39, 0.29) is 31.1 Å². The second-order valence-electron chi connectivity index (χ2n) is 23.8. The lowest BCUT2D eigenvalue weighted by atomic mass is 10.0. The van der Waals surface area contributed by atoms with Crippen molar-refractivity contribution in [3.8, 4) is 0 Å². The molecule has 0 saturated heterocycles. The molecule has 0 rings (SSSR count). The number of hydrogen-bond donors (Lipinski definition) is 0. The summed E-state index contributed by atoms with van der Waals surface area (Å²) in [6.45, 7) is 6.47. The Hall–Kier alpha value is -3.41. The molecule has 0 fully saturated rings. The van der Waals surface area contributed by atoms with Crippen molar-refractivity contribution in [2.24, 2.45) is 0 Å². The van der Waals surface area contributed by atoms with Crippen molar-refractivity contribution < 1.29 is 28.6 Å². The Kier molecular flexibility index (Phi) is 67.2. The second-order valence-corrected chi connectivity index (χ2v) is 23.8. The Morgan fingerprint density at radius 1 is 0.256 bits per heavy atom. The molecule has 0 aromatic heterocycles. The largest absolute Gasteiger partial charge is 0.462 e. The summed E-state index contributed by atoms with van der Waals surface area (Å²) < 4.78 is 16.8. The van der Waals surface area contributed by atoms with Crippen LogP contribution in [-0.4, -0.2) is 37.2 Å². The van der Waals surface area contributed by atoms with Crippen molar-refractivity contribution in [2.75, 3.05) is 13.2 Å². The smallest absolute Gasteiger partial charge is 0.306 e. The number of esters is 3. The predicted octanol–water partition coefficient (Wildman–Crippen LogP) is 24.6. The lowest BCUT2D eigenvalue weighted by Gasteiger charge is -2.18. The van der Waals surface area contributed by atoms with Crippen LogP contribution < -0.4 is 0 Å². The highest BCUT2D eigenvalue weighted by Gasteiger charge is 2.19. The van der Waals surface area contributed by atoms with E-state index in [0.717, 1.165) is 128 Å². The van der Waals surface area contributed by atoms with E-state index in [1.807, 2.05) is 0 Å². The van der Waals surface area contributed by atoms with Crippen LogP contribution in [-0.2, 0) is 28.6 Å². The van der Waals surface area contributed by atoms with E-state index >= 15 is 0 Å². The predicted molar refractivity (Wildman–Crippen MR) is 358 cm³/mol. The number of rotatable bonds is 65. The van der Waals surface area contributed by atoms with Gasteiger partial charge in [0.2, 0.25) is 0 Å². The zero-order chi connectivity index (χ0) is 59.2. The van der Waals surface area contributed by atoms with Crippen molar-refractivity contribution >= 4 is 17.9 Å². The van der Waals surface area contributed by atoms with Gasteiger partial charge in [-0.05, 0) is 77.0 Å². The minimum absolute atomic E-state index is 0.0818. The molecular weight excluding hydrogens is 1010 g/mol. The highest BCUT2D eigenvalue weighted by atomic mass is 16.6. The summed E-state index contributed by atoms with van der Waals surface area (Å²) in [5.74, 6) is -0.901. The van der Waals surface area contributed by atoms with E-state index in [2.05, 4.69) is 106 Å². The van der Waals surface area contributed by atoms with Crippen LogP contribution in [0.5, 0.6) is 0 Å². The number of carbonyl (C=O) groups is 3. The number of allylic oxidation sites excluding steroid dienone is 14. The van der Waals surface area contributed by atoms with Gasteiger partial charge in [0, 0.05) is 19.3 Å². The molecule has 0 aliphatic heterocycles. The molecule has 0 heterocycles. The van der Waals surface area contributed by atoms with Gasteiger partial charge < -0.3 is 14.2 Å². The Morgan fingerprint density at radius 2 is 0.476 bits per heavy atom. The molecule has 82 heavy (non-hydrogen) atoms. The Bertz CT molecular complexity index is 1550. The van der Waals surface area contributed by atoms with Crippen LogP contribution in [0.3, 0.4) is 0 Å². The zero-order valence-corrected chi connectivity index (χ0v) is 54.5. The fraction of sp³-hybridized carbons (Fsp3) is 0.776. The van der Waals surface area contributed by atoms with E-state index in [0.29, 0.717) is 19.3 Å². The molecule has 0 aliphatic rings. The summed E-state index contributed by atoms with van der Waals surface area (Å²) >= 11 is 0. The maximum atomic E-state index is 12.8. The molecule has 0 bridgehead atoms. The van der Waals surface area contributed by atoms with E-state index in [4.69, 9.17) is 14.2 Å². The number of unbranched alkanes of at least 4 members (excludes halogenated alkanes) is 40. The van der Waals surface area contributed by atoms with Crippen molar-refractivity contribution in [2.45, 2.75) is 367 Å². The summed E-state index contributed by atoms with van der Waals surface area (Å²) in [4.78, 5) is 38.0. The topological polar surface area (TPSA) is 78.9 Å². The molecule has 1 atom stereocenters. The molecule has 0 saturated carbocycles. The van der Waals surface area contributed by atoms with Gasteiger partial charge in [-0.2, -0.15) is 0 Å². The van der Waals surface area contributed by atoms with Crippen LogP contribution in [0.15, 0.2) is 85.1 Å². The fourth-order valence-corrected chi connectivity index (χ4v) is 10.4. The molecule has 0 spiro atoms. The average Bonchev–Trinajstić information content (AvgIpc) is 3.47. The molecule has 474 valence electrons. The summed E-state index contributed by atoms with van der Waals surface area (Å²) in [7, 11) is 0. The third-order valence-corrected chi connectivity index (χ3v) is 15.7. The Labute approximate surface area is 509 Å². The molecule has 0 N–H and O–H groups in total. The van der Waals surface area contributed by atoms with Gasteiger partial charge in [-0.1, -0.05) is 350 Å². The molecular formula is C76H134O6. The monoisotopic (exact) mass is 1140 g/mol. The van der Waals surface area contributed by atoms with E-state index < -0.39 is 6.10 Å².